The van der Waals surface area contributed by atoms with E-state index in [0.717, 1.165) is 16.1 Å². The van der Waals surface area contributed by atoms with Gasteiger partial charge < -0.3 is 4.90 Å². The third-order valence-corrected chi connectivity index (χ3v) is 5.42. The van der Waals surface area contributed by atoms with Gasteiger partial charge in [0.05, 0.1) is 4.53 Å². The number of nitrogens with zero attached hydrogens (tertiary/aromatic N) is 3. The molecule has 2 aromatic carbocycles. The van der Waals surface area contributed by atoms with Crippen molar-refractivity contribution >= 4 is 40.8 Å². The molecule has 0 unspecified atom stereocenters. The molecule has 0 N–H and O–H groups in total. The molecular formula is C20H16ClN3OS. The van der Waals surface area contributed by atoms with Crippen molar-refractivity contribution < 1.29 is 0 Å². The minimum atomic E-state index is -0.00914. The predicted molar refractivity (Wildman–Crippen MR) is 108 cm³/mol. The van der Waals surface area contributed by atoms with Crippen LogP contribution in [-0.4, -0.2) is 11.2 Å². The van der Waals surface area contributed by atoms with Crippen LogP contribution in [0.25, 0.3) is 12.2 Å². The van der Waals surface area contributed by atoms with Gasteiger partial charge in [0.2, 0.25) is 0 Å². The number of rotatable bonds is 3. The molecular weight excluding hydrogens is 366 g/mol. The summed E-state index contributed by atoms with van der Waals surface area (Å²) in [4.78, 5) is 20.0. The average Bonchev–Trinajstić information content (AvgIpc) is 2.99. The number of thiazole rings is 1. The number of hydrogen-bond donors (Lipinski definition) is 0. The van der Waals surface area contributed by atoms with Gasteiger partial charge in [0.25, 0.3) is 5.56 Å². The van der Waals surface area contributed by atoms with Gasteiger partial charge in [-0.2, -0.15) is 0 Å². The first-order valence-corrected chi connectivity index (χ1v) is 9.38. The number of benzene rings is 2. The van der Waals surface area contributed by atoms with Gasteiger partial charge in [-0.05, 0) is 35.9 Å². The second-order valence-corrected chi connectivity index (χ2v) is 7.32. The topological polar surface area (TPSA) is 37.6 Å². The Kier molecular flexibility index (Phi) is 4.73. The Morgan fingerprint density at radius 3 is 2.62 bits per heavy atom. The highest BCUT2D eigenvalue weighted by atomic mass is 35.5. The van der Waals surface area contributed by atoms with E-state index < -0.39 is 0 Å². The van der Waals surface area contributed by atoms with Crippen molar-refractivity contribution in [1.29, 1.82) is 0 Å². The van der Waals surface area contributed by atoms with Crippen molar-refractivity contribution in [3.8, 4) is 0 Å². The zero-order chi connectivity index (χ0) is 17.9. The molecule has 0 atom stereocenters. The molecule has 1 aliphatic heterocycles. The van der Waals surface area contributed by atoms with E-state index >= 15 is 0 Å². The maximum absolute atomic E-state index is 12.7. The van der Waals surface area contributed by atoms with E-state index in [1.165, 1.54) is 11.3 Å². The molecule has 3 aromatic rings. The van der Waals surface area contributed by atoms with Crippen molar-refractivity contribution in [3.63, 3.8) is 0 Å². The number of halogens is 1. The first kappa shape index (κ1) is 16.8. The SMILES string of the molecule is O=c1c(=CC=Cc2ccccc2)sc2n1CN(c1ccc(Cl)cc1)CN=2. The lowest BCUT2D eigenvalue weighted by molar-refractivity contribution is 0.569. The highest BCUT2D eigenvalue weighted by Crippen LogP contribution is 2.18. The number of allylic oxidation sites excluding steroid dienone is 1. The Morgan fingerprint density at radius 1 is 1.08 bits per heavy atom. The number of fused-ring (bicyclic) bond motifs is 1. The summed E-state index contributed by atoms with van der Waals surface area (Å²) in [5.41, 5.74) is 2.09. The summed E-state index contributed by atoms with van der Waals surface area (Å²) in [5.74, 6) is 0. The summed E-state index contributed by atoms with van der Waals surface area (Å²) >= 11 is 7.37. The van der Waals surface area contributed by atoms with Crippen LogP contribution in [0, 0.1) is 0 Å². The molecule has 6 heteroatoms. The van der Waals surface area contributed by atoms with Crippen molar-refractivity contribution in [2.75, 3.05) is 11.6 Å². The molecule has 130 valence electrons. The summed E-state index contributed by atoms with van der Waals surface area (Å²) in [6.07, 6.45) is 5.75. The lowest BCUT2D eigenvalue weighted by atomic mass is 10.2. The summed E-state index contributed by atoms with van der Waals surface area (Å²) in [6, 6.07) is 17.6. The minimum absolute atomic E-state index is 0.00914. The van der Waals surface area contributed by atoms with Crippen LogP contribution in [0.5, 0.6) is 0 Å². The normalized spacial score (nSPS) is 14.5. The molecule has 1 aliphatic rings. The molecule has 4 nitrogen and oxygen atoms in total. The second kappa shape index (κ2) is 7.32. The Balaban J connectivity index is 1.61. The zero-order valence-corrected chi connectivity index (χ0v) is 15.5. The van der Waals surface area contributed by atoms with E-state index in [2.05, 4.69) is 4.99 Å². The molecule has 0 fully saturated rings. The fraction of sp³-hybridized carbons (Fsp3) is 0.100. The van der Waals surface area contributed by atoms with Gasteiger partial charge in [0.15, 0.2) is 4.80 Å². The van der Waals surface area contributed by atoms with Crippen LogP contribution >= 0.6 is 22.9 Å². The molecule has 4 rings (SSSR count). The van der Waals surface area contributed by atoms with E-state index in [0.29, 0.717) is 22.9 Å². The summed E-state index contributed by atoms with van der Waals surface area (Å²) in [7, 11) is 0. The van der Waals surface area contributed by atoms with Gasteiger partial charge in [-0.25, -0.2) is 4.99 Å². The molecule has 2 heterocycles. The molecule has 0 amide bonds. The van der Waals surface area contributed by atoms with E-state index in [-0.39, 0.29) is 5.56 Å². The third-order valence-electron chi connectivity index (χ3n) is 4.10. The fourth-order valence-electron chi connectivity index (χ4n) is 2.75. The van der Waals surface area contributed by atoms with E-state index in [9.17, 15) is 4.79 Å². The summed E-state index contributed by atoms with van der Waals surface area (Å²) in [5, 5.41) is 0.693. The Labute approximate surface area is 159 Å². The molecule has 26 heavy (non-hydrogen) atoms. The third kappa shape index (κ3) is 3.49. The van der Waals surface area contributed by atoms with Gasteiger partial charge >= 0.3 is 0 Å². The molecule has 0 saturated carbocycles. The van der Waals surface area contributed by atoms with Crippen molar-refractivity contribution in [2.45, 2.75) is 6.67 Å². The lowest BCUT2D eigenvalue weighted by Gasteiger charge is -2.25. The zero-order valence-electron chi connectivity index (χ0n) is 13.9. The summed E-state index contributed by atoms with van der Waals surface area (Å²) < 4.78 is 2.40. The van der Waals surface area contributed by atoms with Crippen molar-refractivity contribution in [2.24, 2.45) is 4.99 Å². The van der Waals surface area contributed by atoms with Gasteiger partial charge in [-0.15, -0.1) is 0 Å². The largest absolute Gasteiger partial charge is 0.334 e. The predicted octanol–water partition coefficient (Wildman–Crippen LogP) is 3.11. The van der Waals surface area contributed by atoms with Gasteiger partial charge in [-0.3, -0.25) is 9.36 Å². The monoisotopic (exact) mass is 381 g/mol. The number of aromatic nitrogens is 1. The van der Waals surface area contributed by atoms with E-state index in [4.69, 9.17) is 11.6 Å². The maximum atomic E-state index is 12.7. The number of anilines is 1. The Morgan fingerprint density at radius 2 is 1.85 bits per heavy atom. The van der Waals surface area contributed by atoms with Gasteiger partial charge in [0.1, 0.15) is 13.3 Å². The van der Waals surface area contributed by atoms with Gasteiger partial charge in [0, 0.05) is 10.7 Å². The molecule has 0 aliphatic carbocycles. The van der Waals surface area contributed by atoms with Crippen molar-refractivity contribution in [3.05, 3.63) is 90.9 Å². The second-order valence-electron chi connectivity index (χ2n) is 5.88. The molecule has 0 spiro atoms. The van der Waals surface area contributed by atoms with Crippen molar-refractivity contribution in [1.82, 2.24) is 4.57 Å². The first-order valence-electron chi connectivity index (χ1n) is 8.19. The molecule has 0 bridgehead atoms. The average molecular weight is 382 g/mol. The van der Waals surface area contributed by atoms with Crippen LogP contribution in [0.4, 0.5) is 5.69 Å². The number of hydrogen-bond acceptors (Lipinski definition) is 4. The van der Waals surface area contributed by atoms with Crippen LogP contribution in [0.2, 0.25) is 5.02 Å². The summed E-state index contributed by atoms with van der Waals surface area (Å²) in [6.45, 7) is 1.02. The van der Waals surface area contributed by atoms with Gasteiger partial charge in [-0.1, -0.05) is 65.4 Å². The molecule has 0 radical (unpaired) electrons. The maximum Gasteiger partial charge on any atom is 0.271 e. The first-order chi connectivity index (χ1) is 12.7. The Hall–Kier alpha value is -2.63. The highest BCUT2D eigenvalue weighted by molar-refractivity contribution is 7.07. The van der Waals surface area contributed by atoms with Crippen LogP contribution < -0.4 is 19.8 Å². The molecule has 1 aromatic heterocycles. The molecule has 0 saturated heterocycles. The highest BCUT2D eigenvalue weighted by Gasteiger charge is 2.15. The standard InChI is InChI=1S/C20H16ClN3OS/c21-16-9-11-17(12-10-16)23-13-22-20-24(14-23)19(25)18(26-20)8-4-7-15-5-2-1-3-6-15/h1-12H,13-14H2. The Bertz CT molecular complexity index is 1110. The fourth-order valence-corrected chi connectivity index (χ4v) is 3.79. The smallest absolute Gasteiger partial charge is 0.271 e. The van der Waals surface area contributed by atoms with Crippen LogP contribution in [-0.2, 0) is 6.67 Å². The van der Waals surface area contributed by atoms with Crippen LogP contribution in [0.15, 0.2) is 70.5 Å². The lowest BCUT2D eigenvalue weighted by Crippen LogP contribution is -2.42. The van der Waals surface area contributed by atoms with Crippen LogP contribution in [0.1, 0.15) is 5.56 Å². The van der Waals surface area contributed by atoms with Crippen LogP contribution in [0.3, 0.4) is 0 Å². The quantitative estimate of drug-likeness (QED) is 0.699. The van der Waals surface area contributed by atoms with E-state index in [1.807, 2.05) is 77.7 Å². The van der Waals surface area contributed by atoms with E-state index in [1.54, 1.807) is 4.57 Å². The minimum Gasteiger partial charge on any atom is -0.334 e.